The van der Waals surface area contributed by atoms with Gasteiger partial charge >= 0.3 is 19.8 Å². The first-order chi connectivity index (χ1) is 44.3. The van der Waals surface area contributed by atoms with Gasteiger partial charge in [0.2, 0.25) is 0 Å². The van der Waals surface area contributed by atoms with Crippen molar-refractivity contribution in [2.24, 2.45) is 0 Å². The number of unbranched alkanes of at least 4 members (excludes halogenated alkanes) is 30. The first-order valence-corrected chi connectivity index (χ1v) is 37.7. The van der Waals surface area contributed by atoms with Gasteiger partial charge < -0.3 is 52.8 Å². The van der Waals surface area contributed by atoms with Crippen LogP contribution < -0.4 is 0 Å². The Labute approximate surface area is 552 Å². The first-order valence-electron chi connectivity index (χ1n) is 36.2. The van der Waals surface area contributed by atoms with Crippen molar-refractivity contribution in [2.45, 2.75) is 352 Å². The van der Waals surface area contributed by atoms with Gasteiger partial charge in [-0.3, -0.25) is 28.0 Å². The topological polar surface area (TPSA) is 219 Å². The summed E-state index contributed by atoms with van der Waals surface area (Å²) in [7, 11) is -1.34. The molecule has 2 aliphatic rings. The maximum Gasteiger partial charge on any atom is 0.475 e. The number of phosphoric ester groups is 1. The van der Waals surface area contributed by atoms with Gasteiger partial charge in [0, 0.05) is 40.3 Å². The molecule has 0 aromatic carbocycles. The smallest absolute Gasteiger partial charge is 0.454 e. The van der Waals surface area contributed by atoms with Crippen LogP contribution in [0.4, 0.5) is 0 Å². The summed E-state index contributed by atoms with van der Waals surface area (Å²) in [4.78, 5) is 40.8. The minimum absolute atomic E-state index is 0.0681. The highest BCUT2D eigenvalue weighted by molar-refractivity contribution is 7.48. The number of ketones is 1. The molecule has 2 N–H and O–H groups in total. The van der Waals surface area contributed by atoms with E-state index in [9.17, 15) is 29.2 Å². The Hall–Kier alpha value is -2.42. The Balaban J connectivity index is 2.47. The number of Topliss-reactive ketones (excluding diaryl/α,β-unsaturated/α-hetero) is 1. The van der Waals surface area contributed by atoms with E-state index < -0.39 is 94.2 Å². The van der Waals surface area contributed by atoms with Crippen LogP contribution in [-0.4, -0.2) is 149 Å². The summed E-state index contributed by atoms with van der Waals surface area (Å²) in [6, 6.07) is 0. The van der Waals surface area contributed by atoms with Crippen LogP contribution in [0.2, 0.25) is 0 Å². The van der Waals surface area contributed by atoms with Gasteiger partial charge in [0.25, 0.3) is 0 Å². The van der Waals surface area contributed by atoms with Crippen molar-refractivity contribution in [3.8, 4) is 0 Å². The number of carbonyl (C=O) groups excluding carboxylic acids is 3. The number of phosphoric acid groups is 1. The monoisotopic (exact) mass is 1310 g/mol. The summed E-state index contributed by atoms with van der Waals surface area (Å²) in [5, 5.41) is 23.9. The Morgan fingerprint density at radius 1 is 0.495 bits per heavy atom. The third-order valence-corrected chi connectivity index (χ3v) is 18.5. The largest absolute Gasteiger partial charge is 0.475 e. The van der Waals surface area contributed by atoms with E-state index >= 15 is 0 Å². The van der Waals surface area contributed by atoms with Gasteiger partial charge in [-0.15, -0.1) is 13.2 Å². The lowest BCUT2D eigenvalue weighted by Crippen LogP contribution is -2.64. The number of rotatable bonds is 63. The van der Waals surface area contributed by atoms with Crippen LogP contribution in [0.25, 0.3) is 0 Å². The average Bonchev–Trinajstić information content (AvgIpc) is 0.931. The second-order valence-electron chi connectivity index (χ2n) is 25.1. The lowest BCUT2D eigenvalue weighted by Gasteiger charge is -2.46. The minimum Gasteiger partial charge on any atom is -0.454 e. The second-order valence-corrected chi connectivity index (χ2v) is 26.7. The Morgan fingerprint density at radius 3 is 1.52 bits per heavy atom. The zero-order valence-corrected chi connectivity index (χ0v) is 58.9. The molecular weight excluding hydrogens is 1180 g/mol. The average molecular weight is 1320 g/mol. The number of methoxy groups -OCH3 is 2. The molecule has 19 heteroatoms. The van der Waals surface area contributed by atoms with Crippen LogP contribution >= 0.6 is 7.82 Å². The van der Waals surface area contributed by atoms with Crippen molar-refractivity contribution in [3.05, 3.63) is 37.5 Å². The quantitative estimate of drug-likeness (QED) is 0.0190. The molecule has 0 unspecified atom stereocenters. The molecule has 11 atom stereocenters. The van der Waals surface area contributed by atoms with Gasteiger partial charge in [-0.25, -0.2) is 4.57 Å². The summed E-state index contributed by atoms with van der Waals surface area (Å²) < 4.78 is 88.4. The molecule has 2 rings (SSSR count). The second kappa shape index (κ2) is 56.7. The van der Waals surface area contributed by atoms with Gasteiger partial charge in [-0.1, -0.05) is 232 Å². The fourth-order valence-corrected chi connectivity index (χ4v) is 12.9. The number of ether oxygens (including phenoxy) is 9. The van der Waals surface area contributed by atoms with Crippen molar-refractivity contribution in [3.63, 3.8) is 0 Å². The van der Waals surface area contributed by atoms with E-state index in [1.165, 1.54) is 89.9 Å². The summed E-state index contributed by atoms with van der Waals surface area (Å²) in [6.07, 6.45) is 32.0. The molecule has 532 valence electrons. The summed E-state index contributed by atoms with van der Waals surface area (Å²) >= 11 is 0. The highest BCUT2D eigenvalue weighted by Crippen LogP contribution is 2.53. The fourth-order valence-electron chi connectivity index (χ4n) is 11.6. The van der Waals surface area contributed by atoms with Crippen LogP contribution in [-0.2, 0) is 75.2 Å². The van der Waals surface area contributed by atoms with Crippen LogP contribution in [0, 0.1) is 0 Å². The summed E-state index contributed by atoms with van der Waals surface area (Å²) in [5.41, 5.74) is 0. The van der Waals surface area contributed by atoms with E-state index in [-0.39, 0.29) is 57.8 Å². The molecule has 0 spiro atoms. The molecule has 2 heterocycles. The highest BCUT2D eigenvalue weighted by atomic mass is 31.2. The van der Waals surface area contributed by atoms with Crippen LogP contribution in [0.1, 0.15) is 285 Å². The lowest BCUT2D eigenvalue weighted by molar-refractivity contribution is -0.332. The third-order valence-electron chi connectivity index (χ3n) is 17.0. The van der Waals surface area contributed by atoms with E-state index in [4.69, 9.17) is 56.2 Å². The normalized spacial score (nSPS) is 22.3. The van der Waals surface area contributed by atoms with Crippen LogP contribution in [0.15, 0.2) is 37.5 Å². The molecule has 18 nitrogen and oxygen atoms in total. The molecule has 2 aliphatic heterocycles. The molecule has 2 saturated heterocycles. The Morgan fingerprint density at radius 2 is 0.978 bits per heavy atom. The number of carbonyl (C=O) groups is 3. The first kappa shape index (κ1) is 84.7. The predicted molar refractivity (Wildman–Crippen MR) is 360 cm³/mol. The molecular formula is C72H131O18P. The van der Waals surface area contributed by atoms with E-state index in [1.54, 1.807) is 7.11 Å². The number of hydrogen-bond acceptors (Lipinski definition) is 18. The van der Waals surface area contributed by atoms with Crippen molar-refractivity contribution in [1.29, 1.82) is 0 Å². The number of aliphatic hydroxyl groups is 2. The number of allylic oxidation sites excluding steroid dienone is 2. The molecule has 0 bridgehead atoms. The molecule has 91 heavy (non-hydrogen) atoms. The standard InChI is InChI=1S/C72H131O18P/c1-9-15-19-23-26-29-30-31-32-33-34-36-38-42-46-50-63(74)88-70-68(82-55-51-60(80-8)49-45-40-22-18-12-4)66(90-91(78,84-52-13-5)85-53-14-6)62(57-79-7)87-72(70)83-58-61-65(76)67(81-54-47-43-39-28-25-21-17-11-3)69(71(77)86-61)89-64(75)56-59(73)48-44-41-37-35-27-24-20-16-10-2/h13-14,29-30,60-62,65-72,76-77H,5-6,9-12,15-28,31-58H2,1-4,7-8H3/t60-,61-,62-,65-,66-,67+,68+,69-,70-,71+,72-/m1/s1. The van der Waals surface area contributed by atoms with Crippen molar-refractivity contribution in [1.82, 2.24) is 0 Å². The van der Waals surface area contributed by atoms with Crippen LogP contribution in [0.3, 0.4) is 0 Å². The summed E-state index contributed by atoms with van der Waals surface area (Å²) in [5.74, 6) is -1.69. The van der Waals surface area contributed by atoms with Gasteiger partial charge in [-0.2, -0.15) is 0 Å². The maximum absolute atomic E-state index is 14.5. The maximum atomic E-state index is 14.5. The van der Waals surface area contributed by atoms with Gasteiger partial charge in [0.15, 0.2) is 24.8 Å². The fraction of sp³-hybridized carbons (Fsp3) is 0.875. The summed E-state index contributed by atoms with van der Waals surface area (Å²) in [6.45, 7) is 15.5. The van der Waals surface area contributed by atoms with E-state index in [1.807, 2.05) is 0 Å². The van der Waals surface area contributed by atoms with Crippen LogP contribution in [0.5, 0.6) is 0 Å². The van der Waals surface area contributed by atoms with E-state index in [0.717, 1.165) is 141 Å². The van der Waals surface area contributed by atoms with Gasteiger partial charge in [0.05, 0.1) is 32.5 Å². The number of hydrogen-bond donors (Lipinski definition) is 2. The van der Waals surface area contributed by atoms with Crippen molar-refractivity contribution in [2.75, 3.05) is 53.9 Å². The van der Waals surface area contributed by atoms with Gasteiger partial charge in [-0.05, 0) is 57.8 Å². The van der Waals surface area contributed by atoms with Crippen molar-refractivity contribution < 1.29 is 85.4 Å². The zero-order valence-electron chi connectivity index (χ0n) is 58.0. The Kier molecular flexibility index (Phi) is 52.8. The predicted octanol–water partition coefficient (Wildman–Crippen LogP) is 16.8. The minimum atomic E-state index is -4.46. The molecule has 0 aromatic rings. The molecule has 0 amide bonds. The molecule has 0 saturated carbocycles. The van der Waals surface area contributed by atoms with E-state index in [2.05, 4.69) is 53.0 Å². The molecule has 0 aliphatic carbocycles. The Bertz CT molecular complexity index is 1860. The zero-order chi connectivity index (χ0) is 66.4. The van der Waals surface area contributed by atoms with Crippen molar-refractivity contribution >= 4 is 25.5 Å². The number of aliphatic hydroxyl groups excluding tert-OH is 2. The lowest BCUT2D eigenvalue weighted by atomic mass is 9.97. The van der Waals surface area contributed by atoms with E-state index in [0.29, 0.717) is 25.7 Å². The third kappa shape index (κ3) is 40.0. The number of esters is 2. The van der Waals surface area contributed by atoms with Gasteiger partial charge in [0.1, 0.15) is 48.8 Å². The molecule has 0 aromatic heterocycles. The molecule has 2 fully saturated rings. The highest BCUT2D eigenvalue weighted by Gasteiger charge is 2.54. The SMILES string of the molecule is C=CCOP(=O)(OCC=C)O[C@H]1[C@H](OCC[C@@H](CCCCCCC)OC)[C@@H](OC(=O)CCCCCCCCCC=CCCCCCC)[C@H](OC[C@H]2O[C@H](O)[C@H](OC(=O)CC(=O)CCCCCCCCCCC)[C@@H](OCCCCCCCCCC)[C@@H]2O)O[C@@H]1COC. The molecule has 0 radical (unpaired) electrons.